The van der Waals surface area contributed by atoms with Crippen molar-refractivity contribution in [3.63, 3.8) is 0 Å². The van der Waals surface area contributed by atoms with Crippen LogP contribution in [-0.4, -0.2) is 18.0 Å². The number of nitrogens with one attached hydrogen (secondary N) is 2. The highest BCUT2D eigenvalue weighted by atomic mass is 16.3. The van der Waals surface area contributed by atoms with E-state index < -0.39 is 11.8 Å². The lowest BCUT2D eigenvalue weighted by molar-refractivity contribution is -0.139. The van der Waals surface area contributed by atoms with Gasteiger partial charge < -0.3 is 9.73 Å². The SMILES string of the molecule is Cc1cc(C)c(/C=N\NC(=O)C(=O)NCc2ccco2)cc1C. The van der Waals surface area contributed by atoms with E-state index >= 15 is 0 Å². The second kappa shape index (κ2) is 7.40. The first-order valence-electron chi connectivity index (χ1n) is 7.19. The van der Waals surface area contributed by atoms with Crippen LogP contribution in [0.25, 0.3) is 0 Å². The third-order valence-electron chi connectivity index (χ3n) is 3.46. The Kier molecular flexibility index (Phi) is 5.30. The van der Waals surface area contributed by atoms with Crippen LogP contribution in [0.5, 0.6) is 0 Å². The highest BCUT2D eigenvalue weighted by Crippen LogP contribution is 2.13. The lowest BCUT2D eigenvalue weighted by atomic mass is 10.0. The number of amides is 2. The van der Waals surface area contributed by atoms with E-state index in [1.807, 2.05) is 26.8 Å². The molecule has 1 heterocycles. The van der Waals surface area contributed by atoms with Crippen LogP contribution >= 0.6 is 0 Å². The van der Waals surface area contributed by atoms with Crippen LogP contribution in [0.2, 0.25) is 0 Å². The summed E-state index contributed by atoms with van der Waals surface area (Å²) in [6.07, 6.45) is 3.03. The van der Waals surface area contributed by atoms with E-state index in [4.69, 9.17) is 4.42 Å². The molecule has 2 rings (SSSR count). The summed E-state index contributed by atoms with van der Waals surface area (Å²) in [5, 5.41) is 6.27. The second-order valence-corrected chi connectivity index (χ2v) is 5.25. The molecule has 0 fully saturated rings. The molecule has 0 unspecified atom stereocenters. The average molecular weight is 313 g/mol. The summed E-state index contributed by atoms with van der Waals surface area (Å²) in [6.45, 7) is 6.16. The van der Waals surface area contributed by atoms with E-state index in [0.29, 0.717) is 5.76 Å². The zero-order valence-corrected chi connectivity index (χ0v) is 13.3. The molecule has 0 aliphatic carbocycles. The van der Waals surface area contributed by atoms with Crippen LogP contribution in [0.3, 0.4) is 0 Å². The summed E-state index contributed by atoms with van der Waals surface area (Å²) in [4.78, 5) is 23.2. The highest BCUT2D eigenvalue weighted by Gasteiger charge is 2.12. The number of carbonyl (C=O) groups is 2. The smallest absolute Gasteiger partial charge is 0.329 e. The first-order chi connectivity index (χ1) is 11.0. The van der Waals surface area contributed by atoms with Gasteiger partial charge in [0.25, 0.3) is 0 Å². The zero-order chi connectivity index (χ0) is 16.8. The average Bonchev–Trinajstić information content (AvgIpc) is 3.03. The molecule has 0 aliphatic rings. The zero-order valence-electron chi connectivity index (χ0n) is 13.3. The molecule has 2 amide bonds. The molecule has 0 atom stereocenters. The van der Waals surface area contributed by atoms with Crippen LogP contribution in [0.4, 0.5) is 0 Å². The first-order valence-corrected chi connectivity index (χ1v) is 7.19. The third-order valence-corrected chi connectivity index (χ3v) is 3.46. The standard InChI is InChI=1S/C17H19N3O3/c1-11-7-13(3)14(8-12(11)2)9-19-20-17(22)16(21)18-10-15-5-4-6-23-15/h4-9H,10H2,1-3H3,(H,18,21)(H,20,22)/b19-9-. The van der Waals surface area contributed by atoms with Crippen molar-refractivity contribution in [3.8, 4) is 0 Å². The van der Waals surface area contributed by atoms with Gasteiger partial charge in [-0.2, -0.15) is 5.10 Å². The van der Waals surface area contributed by atoms with E-state index in [0.717, 1.165) is 16.7 Å². The van der Waals surface area contributed by atoms with Crippen molar-refractivity contribution in [2.75, 3.05) is 0 Å². The number of rotatable bonds is 4. The summed E-state index contributed by atoms with van der Waals surface area (Å²) in [7, 11) is 0. The Morgan fingerprint density at radius 3 is 2.57 bits per heavy atom. The Morgan fingerprint density at radius 2 is 1.87 bits per heavy atom. The number of hydrazone groups is 1. The maximum Gasteiger partial charge on any atom is 0.329 e. The van der Waals surface area contributed by atoms with Gasteiger partial charge in [-0.05, 0) is 61.2 Å². The first kappa shape index (κ1) is 16.5. The van der Waals surface area contributed by atoms with E-state index in [-0.39, 0.29) is 6.54 Å². The minimum atomic E-state index is -0.825. The Balaban J connectivity index is 1.88. The van der Waals surface area contributed by atoms with Crippen LogP contribution in [0.1, 0.15) is 28.0 Å². The summed E-state index contributed by atoms with van der Waals surface area (Å²) in [6, 6.07) is 7.45. The topological polar surface area (TPSA) is 83.7 Å². The lowest BCUT2D eigenvalue weighted by Crippen LogP contribution is -2.37. The summed E-state index contributed by atoms with van der Waals surface area (Å²) < 4.78 is 5.06. The van der Waals surface area contributed by atoms with Gasteiger partial charge in [-0.25, -0.2) is 5.43 Å². The van der Waals surface area contributed by atoms with Crippen molar-refractivity contribution in [2.24, 2.45) is 5.10 Å². The minimum Gasteiger partial charge on any atom is -0.467 e. The Labute approximate surface area is 134 Å². The largest absolute Gasteiger partial charge is 0.467 e. The summed E-state index contributed by atoms with van der Waals surface area (Å²) >= 11 is 0. The van der Waals surface area contributed by atoms with Gasteiger partial charge in [-0.15, -0.1) is 0 Å². The van der Waals surface area contributed by atoms with Gasteiger partial charge in [0.1, 0.15) is 5.76 Å². The fourth-order valence-corrected chi connectivity index (χ4v) is 1.99. The van der Waals surface area contributed by atoms with Gasteiger partial charge in [-0.1, -0.05) is 6.07 Å². The summed E-state index contributed by atoms with van der Waals surface area (Å²) in [5.74, 6) is -1.02. The van der Waals surface area contributed by atoms with Gasteiger partial charge in [0.2, 0.25) is 0 Å². The molecule has 2 aromatic rings. The van der Waals surface area contributed by atoms with Crippen molar-refractivity contribution in [2.45, 2.75) is 27.3 Å². The van der Waals surface area contributed by atoms with Crippen molar-refractivity contribution in [3.05, 3.63) is 58.5 Å². The molecule has 120 valence electrons. The number of furan rings is 1. The number of hydrogen-bond acceptors (Lipinski definition) is 4. The highest BCUT2D eigenvalue weighted by molar-refractivity contribution is 6.35. The number of carbonyl (C=O) groups excluding carboxylic acids is 2. The van der Waals surface area contributed by atoms with Crippen molar-refractivity contribution in [1.29, 1.82) is 0 Å². The molecule has 1 aromatic carbocycles. The molecule has 0 saturated heterocycles. The predicted octanol–water partition coefficient (Wildman–Crippen LogP) is 1.97. The molecule has 1 aromatic heterocycles. The number of nitrogens with zero attached hydrogens (tertiary/aromatic N) is 1. The number of hydrogen-bond donors (Lipinski definition) is 2. The van der Waals surface area contributed by atoms with E-state index in [9.17, 15) is 9.59 Å². The number of aryl methyl sites for hydroxylation is 3. The van der Waals surface area contributed by atoms with Gasteiger partial charge in [0.15, 0.2) is 0 Å². The van der Waals surface area contributed by atoms with Gasteiger partial charge in [0.05, 0.1) is 19.0 Å². The molecule has 0 saturated carbocycles. The molecular formula is C17H19N3O3. The quantitative estimate of drug-likeness (QED) is 0.514. The molecule has 6 heteroatoms. The van der Waals surface area contributed by atoms with E-state index in [1.54, 1.807) is 12.1 Å². The Hall–Kier alpha value is -2.89. The molecule has 0 bridgehead atoms. The monoisotopic (exact) mass is 313 g/mol. The molecular weight excluding hydrogens is 294 g/mol. The summed E-state index contributed by atoms with van der Waals surface area (Å²) in [5.41, 5.74) is 6.49. The molecule has 6 nitrogen and oxygen atoms in total. The Bertz CT molecular complexity index is 734. The molecule has 0 aliphatic heterocycles. The van der Waals surface area contributed by atoms with E-state index in [2.05, 4.69) is 21.9 Å². The minimum absolute atomic E-state index is 0.152. The molecule has 23 heavy (non-hydrogen) atoms. The van der Waals surface area contributed by atoms with E-state index in [1.165, 1.54) is 18.0 Å². The van der Waals surface area contributed by atoms with Crippen molar-refractivity contribution < 1.29 is 14.0 Å². The Morgan fingerprint density at radius 1 is 1.13 bits per heavy atom. The second-order valence-electron chi connectivity index (χ2n) is 5.25. The third kappa shape index (κ3) is 4.54. The molecule has 0 spiro atoms. The lowest BCUT2D eigenvalue weighted by Gasteiger charge is -2.05. The maximum absolute atomic E-state index is 11.6. The fourth-order valence-electron chi connectivity index (χ4n) is 1.99. The number of benzene rings is 1. The normalized spacial score (nSPS) is 10.7. The van der Waals surface area contributed by atoms with Gasteiger partial charge in [0, 0.05) is 0 Å². The fraction of sp³-hybridized carbons (Fsp3) is 0.235. The van der Waals surface area contributed by atoms with Crippen molar-refractivity contribution >= 4 is 18.0 Å². The van der Waals surface area contributed by atoms with Crippen molar-refractivity contribution in [1.82, 2.24) is 10.7 Å². The van der Waals surface area contributed by atoms with Gasteiger partial charge in [-0.3, -0.25) is 9.59 Å². The van der Waals surface area contributed by atoms with Crippen LogP contribution in [0.15, 0.2) is 40.0 Å². The van der Waals surface area contributed by atoms with Gasteiger partial charge >= 0.3 is 11.8 Å². The molecule has 0 radical (unpaired) electrons. The maximum atomic E-state index is 11.6. The molecule has 2 N–H and O–H groups in total. The van der Waals surface area contributed by atoms with Crippen LogP contribution in [-0.2, 0) is 16.1 Å². The van der Waals surface area contributed by atoms with Crippen LogP contribution < -0.4 is 10.7 Å². The van der Waals surface area contributed by atoms with Crippen LogP contribution in [0, 0.1) is 20.8 Å². The predicted molar refractivity (Wildman–Crippen MR) is 86.9 cm³/mol.